The van der Waals surface area contributed by atoms with Gasteiger partial charge in [-0.15, -0.1) is 12.4 Å². The van der Waals surface area contributed by atoms with Crippen LogP contribution >= 0.6 is 35.6 Å². The molecule has 88 valence electrons. The van der Waals surface area contributed by atoms with Gasteiger partial charge in [0.2, 0.25) is 0 Å². The highest BCUT2D eigenvalue weighted by atomic mass is 35.5. The van der Waals surface area contributed by atoms with Crippen molar-refractivity contribution in [3.05, 3.63) is 34.4 Å². The SMILES string of the molecule is Cl.NCCCn1ccc2c(Cl)cc(Cl)cc21. The maximum atomic E-state index is 6.09. The number of nitrogens with zero attached hydrogens (tertiary/aromatic N) is 1. The number of nitrogens with two attached hydrogens (primary N) is 1. The Labute approximate surface area is 111 Å². The molecule has 16 heavy (non-hydrogen) atoms. The zero-order valence-electron chi connectivity index (χ0n) is 8.62. The number of aromatic nitrogens is 1. The van der Waals surface area contributed by atoms with Gasteiger partial charge in [-0.2, -0.15) is 0 Å². The Hall–Kier alpha value is -0.410. The van der Waals surface area contributed by atoms with Gasteiger partial charge in [-0.25, -0.2) is 0 Å². The highest BCUT2D eigenvalue weighted by Gasteiger charge is 2.05. The van der Waals surface area contributed by atoms with E-state index in [0.29, 0.717) is 16.6 Å². The predicted octanol–water partition coefficient (Wildman–Crippen LogP) is 3.72. The van der Waals surface area contributed by atoms with E-state index in [1.165, 1.54) is 0 Å². The number of rotatable bonds is 3. The van der Waals surface area contributed by atoms with Crippen LogP contribution in [0.25, 0.3) is 10.9 Å². The zero-order chi connectivity index (χ0) is 10.8. The van der Waals surface area contributed by atoms with Crippen molar-refractivity contribution in [2.45, 2.75) is 13.0 Å². The third-order valence-electron chi connectivity index (χ3n) is 2.41. The van der Waals surface area contributed by atoms with Crippen LogP contribution in [-0.4, -0.2) is 11.1 Å². The predicted molar refractivity (Wildman–Crippen MR) is 72.9 cm³/mol. The van der Waals surface area contributed by atoms with Gasteiger partial charge in [-0.3, -0.25) is 0 Å². The molecule has 0 unspecified atom stereocenters. The largest absolute Gasteiger partial charge is 0.347 e. The summed E-state index contributed by atoms with van der Waals surface area (Å²) in [4.78, 5) is 0. The fourth-order valence-electron chi connectivity index (χ4n) is 1.68. The van der Waals surface area contributed by atoms with Crippen molar-refractivity contribution in [3.63, 3.8) is 0 Å². The second-order valence-electron chi connectivity index (χ2n) is 3.47. The fourth-order valence-corrected chi connectivity index (χ4v) is 2.22. The minimum Gasteiger partial charge on any atom is -0.347 e. The average molecular weight is 280 g/mol. The van der Waals surface area contributed by atoms with Crippen molar-refractivity contribution >= 4 is 46.5 Å². The first kappa shape index (κ1) is 13.7. The van der Waals surface area contributed by atoms with E-state index in [1.54, 1.807) is 6.07 Å². The van der Waals surface area contributed by atoms with E-state index < -0.39 is 0 Å². The smallest absolute Gasteiger partial charge is 0.0514 e. The maximum absolute atomic E-state index is 6.09. The summed E-state index contributed by atoms with van der Waals surface area (Å²) in [7, 11) is 0. The Morgan fingerprint density at radius 1 is 1.25 bits per heavy atom. The monoisotopic (exact) mass is 278 g/mol. The molecule has 2 nitrogen and oxygen atoms in total. The molecular weight excluding hydrogens is 266 g/mol. The summed E-state index contributed by atoms with van der Waals surface area (Å²) in [5, 5.41) is 2.40. The minimum atomic E-state index is 0. The van der Waals surface area contributed by atoms with E-state index in [4.69, 9.17) is 28.9 Å². The second kappa shape index (κ2) is 5.78. The third-order valence-corrected chi connectivity index (χ3v) is 2.94. The van der Waals surface area contributed by atoms with Crippen LogP contribution in [-0.2, 0) is 6.54 Å². The molecule has 0 amide bonds. The topological polar surface area (TPSA) is 30.9 Å². The molecule has 0 spiro atoms. The maximum Gasteiger partial charge on any atom is 0.0514 e. The summed E-state index contributed by atoms with van der Waals surface area (Å²) in [6.45, 7) is 1.59. The first-order valence-corrected chi connectivity index (χ1v) is 5.62. The van der Waals surface area contributed by atoms with Gasteiger partial charge in [-0.05, 0) is 31.2 Å². The van der Waals surface area contributed by atoms with E-state index in [1.807, 2.05) is 18.3 Å². The van der Waals surface area contributed by atoms with Gasteiger partial charge in [0.15, 0.2) is 0 Å². The highest BCUT2D eigenvalue weighted by molar-refractivity contribution is 6.38. The molecule has 1 aromatic heterocycles. The molecule has 0 atom stereocenters. The van der Waals surface area contributed by atoms with Crippen molar-refractivity contribution < 1.29 is 0 Å². The molecule has 0 aliphatic carbocycles. The molecule has 0 radical (unpaired) electrons. The van der Waals surface area contributed by atoms with Gasteiger partial charge in [0.05, 0.1) is 10.5 Å². The lowest BCUT2D eigenvalue weighted by Crippen LogP contribution is -2.04. The molecule has 0 saturated carbocycles. The number of benzene rings is 1. The third kappa shape index (κ3) is 2.64. The number of halogens is 3. The quantitative estimate of drug-likeness (QED) is 0.912. The molecule has 2 rings (SSSR count). The molecule has 0 aliphatic heterocycles. The zero-order valence-corrected chi connectivity index (χ0v) is 10.9. The molecule has 0 saturated heterocycles. The van der Waals surface area contributed by atoms with E-state index in [0.717, 1.165) is 23.9 Å². The highest BCUT2D eigenvalue weighted by Crippen LogP contribution is 2.28. The van der Waals surface area contributed by atoms with Crippen LogP contribution in [0.4, 0.5) is 0 Å². The number of fused-ring (bicyclic) bond motifs is 1. The Morgan fingerprint density at radius 2 is 2.00 bits per heavy atom. The summed E-state index contributed by atoms with van der Waals surface area (Å²) in [5.74, 6) is 0. The van der Waals surface area contributed by atoms with Gasteiger partial charge < -0.3 is 10.3 Å². The van der Waals surface area contributed by atoms with Gasteiger partial charge in [-0.1, -0.05) is 23.2 Å². The Bertz CT molecular complexity index is 479. The van der Waals surface area contributed by atoms with Gasteiger partial charge >= 0.3 is 0 Å². The van der Waals surface area contributed by atoms with Crippen LogP contribution in [0.2, 0.25) is 10.0 Å². The van der Waals surface area contributed by atoms with Crippen molar-refractivity contribution in [2.24, 2.45) is 5.73 Å². The van der Waals surface area contributed by atoms with Crippen molar-refractivity contribution in [1.29, 1.82) is 0 Å². The lowest BCUT2D eigenvalue weighted by Gasteiger charge is -2.04. The van der Waals surface area contributed by atoms with E-state index in [2.05, 4.69) is 4.57 Å². The van der Waals surface area contributed by atoms with Crippen LogP contribution in [0.3, 0.4) is 0 Å². The molecule has 2 aromatic rings. The van der Waals surface area contributed by atoms with Crippen LogP contribution in [0.1, 0.15) is 6.42 Å². The Balaban J connectivity index is 0.00000128. The molecule has 0 bridgehead atoms. The number of hydrogen-bond donors (Lipinski definition) is 1. The lowest BCUT2D eigenvalue weighted by atomic mass is 10.2. The lowest BCUT2D eigenvalue weighted by molar-refractivity contribution is 0.671. The molecule has 0 aliphatic rings. The molecule has 1 aromatic carbocycles. The summed E-state index contributed by atoms with van der Waals surface area (Å²) in [5.41, 5.74) is 6.55. The molecular formula is C11H13Cl3N2. The summed E-state index contributed by atoms with van der Waals surface area (Å²) in [6, 6.07) is 5.70. The van der Waals surface area contributed by atoms with Crippen molar-refractivity contribution in [2.75, 3.05) is 6.54 Å². The molecule has 1 heterocycles. The van der Waals surface area contributed by atoms with Crippen molar-refractivity contribution in [1.82, 2.24) is 4.57 Å². The van der Waals surface area contributed by atoms with E-state index in [9.17, 15) is 0 Å². The summed E-state index contributed by atoms with van der Waals surface area (Å²) >= 11 is 12.1. The fraction of sp³-hybridized carbons (Fsp3) is 0.273. The van der Waals surface area contributed by atoms with E-state index in [-0.39, 0.29) is 12.4 Å². The van der Waals surface area contributed by atoms with Gasteiger partial charge in [0, 0.05) is 23.2 Å². The summed E-state index contributed by atoms with van der Waals surface area (Å²) in [6.07, 6.45) is 2.97. The Morgan fingerprint density at radius 3 is 2.69 bits per heavy atom. The van der Waals surface area contributed by atoms with Gasteiger partial charge in [0.1, 0.15) is 0 Å². The first-order valence-electron chi connectivity index (χ1n) is 4.86. The normalized spacial score (nSPS) is 10.4. The van der Waals surface area contributed by atoms with Gasteiger partial charge in [0.25, 0.3) is 0 Å². The molecule has 2 N–H and O–H groups in total. The first-order chi connectivity index (χ1) is 7.22. The average Bonchev–Trinajstić information content (AvgIpc) is 2.58. The summed E-state index contributed by atoms with van der Waals surface area (Å²) < 4.78 is 2.12. The second-order valence-corrected chi connectivity index (χ2v) is 4.32. The van der Waals surface area contributed by atoms with Crippen LogP contribution < -0.4 is 5.73 Å². The Kier molecular flexibility index (Phi) is 4.93. The number of hydrogen-bond acceptors (Lipinski definition) is 1. The number of aryl methyl sites for hydroxylation is 1. The minimum absolute atomic E-state index is 0. The molecule has 0 fully saturated rings. The van der Waals surface area contributed by atoms with Crippen molar-refractivity contribution in [3.8, 4) is 0 Å². The van der Waals surface area contributed by atoms with Crippen LogP contribution in [0.5, 0.6) is 0 Å². The molecule has 5 heteroatoms. The standard InChI is InChI=1S/C11H12Cl2N2.ClH/c12-8-6-10(13)9-2-5-15(4-1-3-14)11(9)7-8;/h2,5-7H,1,3-4,14H2;1H. The van der Waals surface area contributed by atoms with Crippen LogP contribution in [0.15, 0.2) is 24.4 Å². The van der Waals surface area contributed by atoms with E-state index >= 15 is 0 Å². The van der Waals surface area contributed by atoms with Crippen LogP contribution in [0, 0.1) is 0 Å².